The molecule has 58 heavy (non-hydrogen) atoms. The molecule has 8 rings (SSSR count). The number of oxazole rings is 1. The van der Waals surface area contributed by atoms with Crippen LogP contribution in [-0.4, -0.2) is 88.5 Å². The normalized spacial score (nSPS) is 19.7. The minimum absolute atomic E-state index is 0.0403. The summed E-state index contributed by atoms with van der Waals surface area (Å²) >= 11 is 0. The fourth-order valence-corrected chi connectivity index (χ4v) is 8.69. The number of carboxylic acid groups (broad SMARTS) is 1. The first-order valence-corrected chi connectivity index (χ1v) is 19.8. The summed E-state index contributed by atoms with van der Waals surface area (Å²) in [5.74, 6) is 0.769. The zero-order valence-electron chi connectivity index (χ0n) is 33.2. The fourth-order valence-electron chi connectivity index (χ4n) is 8.69. The molecule has 13 heteroatoms. The SMILES string of the molecule is COc1cc(-n2ncc3c(-c4cccc(-c5nc6cc(CNC7CCC(C(=O)O)CC7)cc(C#N)c6o5)c4C)cccc32)cc(OC)c1CN(C)[C@@H]1CCOC[C@@H]1O. The molecule has 6 aromatic rings. The largest absolute Gasteiger partial charge is 0.496 e. The molecule has 1 aliphatic carbocycles. The van der Waals surface area contributed by atoms with E-state index in [4.69, 9.17) is 28.7 Å². The summed E-state index contributed by atoms with van der Waals surface area (Å²) in [7, 11) is 5.29. The van der Waals surface area contributed by atoms with Crippen LogP contribution in [-0.2, 0) is 22.6 Å². The van der Waals surface area contributed by atoms with E-state index in [1.807, 2.05) is 73.4 Å². The van der Waals surface area contributed by atoms with E-state index in [2.05, 4.69) is 28.4 Å². The number of carbonyl (C=O) groups is 1. The van der Waals surface area contributed by atoms with Crippen molar-refractivity contribution in [3.63, 3.8) is 0 Å². The van der Waals surface area contributed by atoms with Gasteiger partial charge in [-0.2, -0.15) is 10.4 Å². The first-order chi connectivity index (χ1) is 28.2. The fraction of sp³-hybridized carbons (Fsp3) is 0.378. The number of hydrogen-bond donors (Lipinski definition) is 3. The maximum absolute atomic E-state index is 11.4. The Labute approximate surface area is 336 Å². The molecule has 1 saturated heterocycles. The third-order valence-corrected chi connectivity index (χ3v) is 11.9. The number of ether oxygens (including phenoxy) is 3. The van der Waals surface area contributed by atoms with E-state index in [0.29, 0.717) is 73.2 Å². The van der Waals surface area contributed by atoms with E-state index >= 15 is 0 Å². The van der Waals surface area contributed by atoms with Gasteiger partial charge in [0, 0.05) is 54.9 Å². The molecule has 2 aliphatic rings. The van der Waals surface area contributed by atoms with Crippen LogP contribution in [0, 0.1) is 24.2 Å². The van der Waals surface area contributed by atoms with E-state index in [1.165, 1.54) is 0 Å². The van der Waals surface area contributed by atoms with Crippen LogP contribution in [0.3, 0.4) is 0 Å². The lowest BCUT2D eigenvalue weighted by Crippen LogP contribution is -2.47. The quantitative estimate of drug-likeness (QED) is 0.116. The molecule has 3 N–H and O–H groups in total. The van der Waals surface area contributed by atoms with E-state index in [-0.39, 0.29) is 18.0 Å². The number of likely N-dealkylation sites (N-methyl/N-ethyl adjacent to an activating group) is 1. The zero-order chi connectivity index (χ0) is 40.5. The van der Waals surface area contributed by atoms with Crippen LogP contribution in [0.1, 0.15) is 54.4 Å². The number of nitriles is 1. The van der Waals surface area contributed by atoms with Crippen LogP contribution in [0.5, 0.6) is 11.5 Å². The van der Waals surface area contributed by atoms with Crippen LogP contribution >= 0.6 is 0 Å². The predicted molar refractivity (Wildman–Crippen MR) is 219 cm³/mol. The van der Waals surface area contributed by atoms with Crippen molar-refractivity contribution in [2.24, 2.45) is 5.92 Å². The van der Waals surface area contributed by atoms with Crippen LogP contribution in [0.4, 0.5) is 0 Å². The molecular weight excluding hydrogens is 737 g/mol. The summed E-state index contributed by atoms with van der Waals surface area (Å²) in [5, 5.41) is 39.4. The van der Waals surface area contributed by atoms with Crippen LogP contribution in [0.2, 0.25) is 0 Å². The molecule has 3 heterocycles. The molecule has 2 aromatic heterocycles. The first kappa shape index (κ1) is 39.1. The smallest absolute Gasteiger partial charge is 0.306 e. The van der Waals surface area contributed by atoms with Gasteiger partial charge in [0.05, 0.1) is 61.4 Å². The minimum atomic E-state index is -0.715. The lowest BCUT2D eigenvalue weighted by atomic mass is 9.86. The Bertz CT molecular complexity index is 2490. The first-order valence-electron chi connectivity index (χ1n) is 19.8. The summed E-state index contributed by atoms with van der Waals surface area (Å²) < 4.78 is 25.5. The number of aliphatic carboxylic acids is 1. The Kier molecular flexibility index (Phi) is 11.2. The molecule has 300 valence electrons. The molecule has 0 radical (unpaired) electrons. The lowest BCUT2D eigenvalue weighted by Gasteiger charge is -2.35. The highest BCUT2D eigenvalue weighted by Crippen LogP contribution is 2.39. The Balaban J connectivity index is 1.08. The van der Waals surface area contributed by atoms with Crippen molar-refractivity contribution in [1.29, 1.82) is 5.26 Å². The average Bonchev–Trinajstić information content (AvgIpc) is 3.88. The van der Waals surface area contributed by atoms with Crippen molar-refractivity contribution >= 4 is 28.0 Å². The highest BCUT2D eigenvalue weighted by Gasteiger charge is 2.29. The molecule has 0 amide bonds. The number of hydrogen-bond acceptors (Lipinski definition) is 11. The monoisotopic (exact) mass is 784 g/mol. The Hall–Kier alpha value is -5.78. The van der Waals surface area contributed by atoms with Gasteiger partial charge in [0.15, 0.2) is 5.58 Å². The number of methoxy groups -OCH3 is 2. The van der Waals surface area contributed by atoms with Crippen molar-refractivity contribution in [2.75, 3.05) is 34.5 Å². The van der Waals surface area contributed by atoms with Crippen LogP contribution in [0.15, 0.2) is 71.3 Å². The van der Waals surface area contributed by atoms with Crippen molar-refractivity contribution in [1.82, 2.24) is 25.0 Å². The highest BCUT2D eigenvalue weighted by molar-refractivity contribution is 5.97. The Morgan fingerprint density at radius 3 is 2.45 bits per heavy atom. The molecule has 0 bridgehead atoms. The molecule has 1 aliphatic heterocycles. The van der Waals surface area contributed by atoms with Gasteiger partial charge in [0.2, 0.25) is 5.89 Å². The van der Waals surface area contributed by atoms with E-state index in [0.717, 1.165) is 69.2 Å². The maximum Gasteiger partial charge on any atom is 0.306 e. The Morgan fingerprint density at radius 1 is 1.02 bits per heavy atom. The summed E-state index contributed by atoms with van der Waals surface area (Å²) in [5.41, 5.74) is 8.74. The Morgan fingerprint density at radius 2 is 1.74 bits per heavy atom. The number of aliphatic hydroxyl groups is 1. The van der Waals surface area contributed by atoms with Crippen molar-refractivity contribution in [3.8, 4) is 45.8 Å². The molecular formula is C45H48N6O7. The summed E-state index contributed by atoms with van der Waals surface area (Å²) in [6.07, 6.45) is 4.99. The topological polar surface area (TPSA) is 168 Å². The third-order valence-electron chi connectivity index (χ3n) is 11.9. The number of rotatable bonds is 12. The minimum Gasteiger partial charge on any atom is -0.496 e. The molecule has 13 nitrogen and oxygen atoms in total. The number of carboxylic acids is 1. The van der Waals surface area contributed by atoms with Gasteiger partial charge in [0.25, 0.3) is 0 Å². The van der Waals surface area contributed by atoms with Gasteiger partial charge in [-0.05, 0) is 92.6 Å². The molecule has 2 fully saturated rings. The second-order valence-electron chi connectivity index (χ2n) is 15.4. The number of nitrogens with zero attached hydrogens (tertiary/aromatic N) is 5. The van der Waals surface area contributed by atoms with Crippen molar-refractivity contribution in [2.45, 2.75) is 70.3 Å². The number of aliphatic hydroxyl groups excluding tert-OH is 1. The van der Waals surface area contributed by atoms with Gasteiger partial charge >= 0.3 is 5.97 Å². The predicted octanol–water partition coefficient (Wildman–Crippen LogP) is 7.01. The number of aromatic nitrogens is 3. The number of fused-ring (bicyclic) bond motifs is 2. The van der Waals surface area contributed by atoms with Gasteiger partial charge in [-0.3, -0.25) is 9.69 Å². The van der Waals surface area contributed by atoms with E-state index in [9.17, 15) is 20.3 Å². The summed E-state index contributed by atoms with van der Waals surface area (Å²) in [6, 6.07) is 22.4. The van der Waals surface area contributed by atoms with Crippen LogP contribution < -0.4 is 14.8 Å². The second-order valence-corrected chi connectivity index (χ2v) is 15.4. The van der Waals surface area contributed by atoms with Gasteiger partial charge in [-0.15, -0.1) is 0 Å². The van der Waals surface area contributed by atoms with E-state index in [1.54, 1.807) is 14.2 Å². The van der Waals surface area contributed by atoms with E-state index < -0.39 is 12.1 Å². The molecule has 1 saturated carbocycles. The maximum atomic E-state index is 11.4. The van der Waals surface area contributed by atoms with Gasteiger partial charge < -0.3 is 34.2 Å². The van der Waals surface area contributed by atoms with Gasteiger partial charge in [-0.25, -0.2) is 9.67 Å². The average molecular weight is 785 g/mol. The lowest BCUT2D eigenvalue weighted by molar-refractivity contribution is -0.142. The van der Waals surface area contributed by atoms with Crippen LogP contribution in [0.25, 0.3) is 50.3 Å². The standard InChI is InChI=1S/C45H48N6O7/c1-26-32(7-5-8-33(26)44-49-37-18-27(17-29(21-46)43(37)58-44)22-47-30-13-11-28(12-14-30)45(53)54)34-9-6-10-38-35(34)23-48-51(38)31-19-41(55-3)36(42(20-31)56-4)24-50(2)39-15-16-57-25-40(39)52/h5-10,17-20,23,28,30,39-40,47,52H,11-16,22,24-25H2,1-4H3,(H,53,54)/t28?,30?,39-,40+/m1/s1. The molecule has 0 unspecified atom stereocenters. The summed E-state index contributed by atoms with van der Waals surface area (Å²) in [4.78, 5) is 18.4. The van der Waals surface area contributed by atoms with Gasteiger partial charge in [0.1, 0.15) is 23.1 Å². The van der Waals surface area contributed by atoms with Crippen molar-refractivity contribution in [3.05, 3.63) is 89.1 Å². The van der Waals surface area contributed by atoms with Crippen molar-refractivity contribution < 1.29 is 33.6 Å². The zero-order valence-corrected chi connectivity index (χ0v) is 33.2. The third kappa shape index (κ3) is 7.52. The number of benzene rings is 4. The van der Waals surface area contributed by atoms with Gasteiger partial charge in [-0.1, -0.05) is 24.3 Å². The second kappa shape index (κ2) is 16.6. The number of nitrogens with one attached hydrogen (secondary N) is 1. The highest BCUT2D eigenvalue weighted by atomic mass is 16.5. The molecule has 0 spiro atoms. The molecule has 2 atom stereocenters. The summed E-state index contributed by atoms with van der Waals surface area (Å²) in [6.45, 7) is 4.04. The molecule has 4 aromatic carbocycles.